The molecule has 1 amide bonds. The number of hydrogen-bond acceptors (Lipinski definition) is 4. The molecule has 2 heterocycles. The highest BCUT2D eigenvalue weighted by molar-refractivity contribution is 5.94. The molecule has 8 heteroatoms. The summed E-state index contributed by atoms with van der Waals surface area (Å²) in [5.74, 6) is 0.105. The number of carbonyl (C=O) groups excluding carboxylic acids is 1. The minimum atomic E-state index is -4.49. The van der Waals surface area contributed by atoms with E-state index in [1.54, 1.807) is 0 Å². The predicted octanol–water partition coefficient (Wildman–Crippen LogP) is 1.48. The highest BCUT2D eigenvalue weighted by atomic mass is 19.4. The first-order valence-electron chi connectivity index (χ1n) is 7.26. The van der Waals surface area contributed by atoms with Crippen LogP contribution >= 0.6 is 0 Å². The van der Waals surface area contributed by atoms with Gasteiger partial charge in [-0.05, 0) is 37.3 Å². The molecule has 0 radical (unpaired) electrons. The maximum Gasteiger partial charge on any atom is 0.433 e. The molecule has 3 rings (SSSR count). The van der Waals surface area contributed by atoms with Crippen molar-refractivity contribution < 1.29 is 18.0 Å². The number of hydrazine groups is 1. The maximum absolute atomic E-state index is 12.4. The SMILES string of the molecule is O=C(NC1CCC2NNCC2C1)c1ccc(C(F)(F)F)nc1. The Balaban J connectivity index is 1.60. The number of halogens is 3. The van der Waals surface area contributed by atoms with E-state index in [1.807, 2.05) is 0 Å². The van der Waals surface area contributed by atoms with E-state index in [-0.39, 0.29) is 17.5 Å². The number of nitrogens with zero attached hydrogens (tertiary/aromatic N) is 1. The van der Waals surface area contributed by atoms with Crippen molar-refractivity contribution in [1.82, 2.24) is 21.2 Å². The fourth-order valence-electron chi connectivity index (χ4n) is 3.10. The molecule has 1 aliphatic heterocycles. The molecular formula is C14H17F3N4O. The van der Waals surface area contributed by atoms with Gasteiger partial charge in [-0.3, -0.25) is 20.6 Å². The molecule has 1 aromatic heterocycles. The van der Waals surface area contributed by atoms with Crippen molar-refractivity contribution in [3.63, 3.8) is 0 Å². The number of fused-ring (bicyclic) bond motifs is 1. The average Bonchev–Trinajstić information content (AvgIpc) is 2.94. The molecule has 3 unspecified atom stereocenters. The van der Waals surface area contributed by atoms with Gasteiger partial charge in [0, 0.05) is 24.8 Å². The summed E-state index contributed by atoms with van der Waals surface area (Å²) < 4.78 is 37.3. The smallest absolute Gasteiger partial charge is 0.349 e. The third-order valence-electron chi connectivity index (χ3n) is 4.29. The van der Waals surface area contributed by atoms with Crippen molar-refractivity contribution in [3.05, 3.63) is 29.6 Å². The Morgan fingerprint density at radius 1 is 1.32 bits per heavy atom. The van der Waals surface area contributed by atoms with E-state index in [2.05, 4.69) is 21.2 Å². The number of pyridine rings is 1. The van der Waals surface area contributed by atoms with Gasteiger partial charge in [-0.1, -0.05) is 0 Å². The lowest BCUT2D eigenvalue weighted by atomic mass is 9.83. The van der Waals surface area contributed by atoms with Crippen molar-refractivity contribution in [2.45, 2.75) is 37.5 Å². The molecule has 5 nitrogen and oxygen atoms in total. The zero-order valence-corrected chi connectivity index (χ0v) is 11.8. The molecule has 1 aliphatic carbocycles. The standard InChI is InChI=1S/C14H17F3N4O/c15-14(16,17)12-4-1-8(6-18-12)13(22)20-10-2-3-11-9(5-10)7-19-21-11/h1,4,6,9-11,19,21H,2-3,5,7H2,(H,20,22). The van der Waals surface area contributed by atoms with Crippen molar-refractivity contribution >= 4 is 5.91 Å². The average molecular weight is 314 g/mol. The highest BCUT2D eigenvalue weighted by Gasteiger charge is 2.35. The number of rotatable bonds is 2. The zero-order valence-electron chi connectivity index (χ0n) is 11.8. The highest BCUT2D eigenvalue weighted by Crippen LogP contribution is 2.28. The van der Waals surface area contributed by atoms with E-state index in [4.69, 9.17) is 0 Å². The van der Waals surface area contributed by atoms with Crippen LogP contribution in [0.1, 0.15) is 35.3 Å². The van der Waals surface area contributed by atoms with E-state index < -0.39 is 11.9 Å². The van der Waals surface area contributed by atoms with E-state index in [0.717, 1.165) is 44.1 Å². The molecule has 1 aromatic rings. The molecule has 120 valence electrons. The Morgan fingerprint density at radius 3 is 2.82 bits per heavy atom. The summed E-state index contributed by atoms with van der Waals surface area (Å²) in [6.45, 7) is 0.874. The number of hydrogen-bond donors (Lipinski definition) is 3. The minimum Gasteiger partial charge on any atom is -0.349 e. The van der Waals surface area contributed by atoms with Crippen LogP contribution in [0.4, 0.5) is 13.2 Å². The Hall–Kier alpha value is -1.67. The second kappa shape index (κ2) is 5.85. The van der Waals surface area contributed by atoms with Crippen molar-refractivity contribution in [3.8, 4) is 0 Å². The van der Waals surface area contributed by atoms with Gasteiger partial charge in [0.1, 0.15) is 5.69 Å². The first kappa shape index (κ1) is 15.2. The molecule has 3 atom stereocenters. The Kier molecular flexibility index (Phi) is 4.05. The van der Waals surface area contributed by atoms with Gasteiger partial charge in [0.05, 0.1) is 5.56 Å². The summed E-state index contributed by atoms with van der Waals surface area (Å²) >= 11 is 0. The van der Waals surface area contributed by atoms with Crippen molar-refractivity contribution in [1.29, 1.82) is 0 Å². The number of aromatic nitrogens is 1. The number of carbonyl (C=O) groups is 1. The maximum atomic E-state index is 12.4. The molecule has 0 spiro atoms. The largest absolute Gasteiger partial charge is 0.433 e. The topological polar surface area (TPSA) is 66.1 Å². The van der Waals surface area contributed by atoms with Crippen LogP contribution in [0.3, 0.4) is 0 Å². The van der Waals surface area contributed by atoms with Gasteiger partial charge < -0.3 is 5.32 Å². The van der Waals surface area contributed by atoms with Crippen LogP contribution in [0.2, 0.25) is 0 Å². The molecule has 1 saturated carbocycles. The lowest BCUT2D eigenvalue weighted by molar-refractivity contribution is -0.141. The molecule has 0 aromatic carbocycles. The molecule has 2 fully saturated rings. The summed E-state index contributed by atoms with van der Waals surface area (Å²) in [5.41, 5.74) is 5.47. The third-order valence-corrected chi connectivity index (χ3v) is 4.29. The van der Waals surface area contributed by atoms with Crippen molar-refractivity contribution in [2.75, 3.05) is 6.54 Å². The first-order valence-corrected chi connectivity index (χ1v) is 7.26. The van der Waals surface area contributed by atoms with Crippen LogP contribution in [-0.4, -0.2) is 29.5 Å². The van der Waals surface area contributed by atoms with Gasteiger partial charge in [-0.2, -0.15) is 13.2 Å². The second-order valence-corrected chi connectivity index (χ2v) is 5.81. The van der Waals surface area contributed by atoms with Crippen LogP contribution in [0.15, 0.2) is 18.3 Å². The van der Waals surface area contributed by atoms with Gasteiger partial charge in [0.15, 0.2) is 0 Å². The lowest BCUT2D eigenvalue weighted by Gasteiger charge is -2.31. The van der Waals surface area contributed by atoms with Gasteiger partial charge >= 0.3 is 6.18 Å². The van der Waals surface area contributed by atoms with Gasteiger partial charge in [0.2, 0.25) is 0 Å². The first-order chi connectivity index (χ1) is 10.4. The summed E-state index contributed by atoms with van der Waals surface area (Å²) in [6.07, 6.45) is -0.827. The minimum absolute atomic E-state index is 0.0535. The summed E-state index contributed by atoms with van der Waals surface area (Å²) in [7, 11) is 0. The van der Waals surface area contributed by atoms with Crippen LogP contribution < -0.4 is 16.2 Å². The lowest BCUT2D eigenvalue weighted by Crippen LogP contribution is -2.44. The number of amides is 1. The van der Waals surface area contributed by atoms with E-state index in [1.165, 1.54) is 0 Å². The van der Waals surface area contributed by atoms with E-state index in [0.29, 0.717) is 12.0 Å². The fraction of sp³-hybridized carbons (Fsp3) is 0.571. The van der Waals surface area contributed by atoms with Gasteiger partial charge in [-0.25, -0.2) is 0 Å². The number of alkyl halides is 3. The molecular weight excluding hydrogens is 297 g/mol. The second-order valence-electron chi connectivity index (χ2n) is 5.81. The van der Waals surface area contributed by atoms with Crippen LogP contribution in [0, 0.1) is 5.92 Å². The quantitative estimate of drug-likeness (QED) is 0.773. The Morgan fingerprint density at radius 2 is 2.14 bits per heavy atom. The molecule has 3 N–H and O–H groups in total. The van der Waals surface area contributed by atoms with E-state index in [9.17, 15) is 18.0 Å². The monoisotopic (exact) mass is 314 g/mol. The van der Waals surface area contributed by atoms with Crippen LogP contribution in [0.25, 0.3) is 0 Å². The Labute approximate surface area is 125 Å². The normalized spacial score (nSPS) is 28.2. The fourth-order valence-corrected chi connectivity index (χ4v) is 3.10. The van der Waals surface area contributed by atoms with Gasteiger partial charge in [-0.15, -0.1) is 0 Å². The summed E-state index contributed by atoms with van der Waals surface area (Å²) in [4.78, 5) is 15.4. The van der Waals surface area contributed by atoms with E-state index >= 15 is 0 Å². The van der Waals surface area contributed by atoms with Crippen molar-refractivity contribution in [2.24, 2.45) is 5.92 Å². The van der Waals surface area contributed by atoms with Crippen LogP contribution in [0.5, 0.6) is 0 Å². The molecule has 0 bridgehead atoms. The number of nitrogens with one attached hydrogen (secondary N) is 3. The predicted molar refractivity (Wildman–Crippen MR) is 72.8 cm³/mol. The summed E-state index contributed by atoms with van der Waals surface area (Å²) in [6, 6.07) is 2.49. The molecule has 1 saturated heterocycles. The van der Waals surface area contributed by atoms with Crippen LogP contribution in [-0.2, 0) is 6.18 Å². The zero-order chi connectivity index (χ0) is 15.7. The molecule has 22 heavy (non-hydrogen) atoms. The third kappa shape index (κ3) is 3.22. The Bertz CT molecular complexity index is 546. The van der Waals surface area contributed by atoms with Gasteiger partial charge in [0.25, 0.3) is 5.91 Å². The molecule has 2 aliphatic rings. The summed E-state index contributed by atoms with van der Waals surface area (Å²) in [5, 5.41) is 2.89.